The van der Waals surface area contributed by atoms with E-state index in [1.165, 1.54) is 6.33 Å². The third-order valence-corrected chi connectivity index (χ3v) is 3.11. The molecule has 2 rings (SSSR count). The monoisotopic (exact) mass is 275 g/mol. The number of aryl methyl sites for hydroxylation is 1. The molecule has 0 fully saturated rings. The maximum atomic E-state index is 5.61. The Bertz CT molecular complexity index is 566. The van der Waals surface area contributed by atoms with E-state index in [-0.39, 0.29) is 0 Å². The van der Waals surface area contributed by atoms with Crippen molar-refractivity contribution in [3.8, 4) is 0 Å². The van der Waals surface area contributed by atoms with Crippen molar-refractivity contribution in [2.45, 2.75) is 33.2 Å². The largest absolute Gasteiger partial charge is 0.464 e. The van der Waals surface area contributed by atoms with Gasteiger partial charge in [0.25, 0.3) is 0 Å². The van der Waals surface area contributed by atoms with E-state index in [4.69, 9.17) is 10.3 Å². The molecule has 0 aliphatic carbocycles. The molecular formula is C14H21N5O. The highest BCUT2D eigenvalue weighted by atomic mass is 16.3. The Kier molecular flexibility index (Phi) is 4.57. The van der Waals surface area contributed by atoms with Crippen LogP contribution in [0.1, 0.15) is 30.4 Å². The van der Waals surface area contributed by atoms with Gasteiger partial charge in [0.15, 0.2) is 0 Å². The van der Waals surface area contributed by atoms with Gasteiger partial charge in [0.2, 0.25) is 0 Å². The van der Waals surface area contributed by atoms with Gasteiger partial charge in [-0.2, -0.15) is 0 Å². The minimum atomic E-state index is 0.658. The van der Waals surface area contributed by atoms with E-state index in [1.807, 2.05) is 31.0 Å². The zero-order chi connectivity index (χ0) is 14.5. The lowest BCUT2D eigenvalue weighted by molar-refractivity contribution is 0.481. The summed E-state index contributed by atoms with van der Waals surface area (Å²) in [5.41, 5.74) is 3.67. The van der Waals surface area contributed by atoms with Crippen molar-refractivity contribution >= 4 is 11.6 Å². The molecular weight excluding hydrogens is 254 g/mol. The summed E-state index contributed by atoms with van der Waals surface area (Å²) in [6.45, 7) is 4.71. The number of hydrogen-bond donors (Lipinski definition) is 2. The second-order valence-electron chi connectivity index (χ2n) is 4.79. The van der Waals surface area contributed by atoms with E-state index in [1.54, 1.807) is 0 Å². The van der Waals surface area contributed by atoms with Crippen molar-refractivity contribution < 1.29 is 4.42 Å². The summed E-state index contributed by atoms with van der Waals surface area (Å²) in [5, 5.41) is 0. The topological polar surface area (TPSA) is 80.2 Å². The lowest BCUT2D eigenvalue weighted by Crippen LogP contribution is -2.21. The average molecular weight is 275 g/mol. The fourth-order valence-corrected chi connectivity index (χ4v) is 2.22. The number of nitrogens with two attached hydrogens (primary N) is 1. The minimum absolute atomic E-state index is 0.658. The molecule has 0 amide bonds. The van der Waals surface area contributed by atoms with Gasteiger partial charge in [0.05, 0.1) is 6.54 Å². The van der Waals surface area contributed by atoms with Crippen LogP contribution < -0.4 is 16.2 Å². The molecule has 0 radical (unpaired) electrons. The molecule has 0 unspecified atom stereocenters. The molecule has 6 heteroatoms. The molecule has 0 aliphatic rings. The first-order chi connectivity index (χ1) is 9.65. The number of nitrogens with zero attached hydrogens (tertiary/aromatic N) is 3. The zero-order valence-corrected chi connectivity index (χ0v) is 12.2. The van der Waals surface area contributed by atoms with Gasteiger partial charge >= 0.3 is 0 Å². The van der Waals surface area contributed by atoms with Crippen LogP contribution in [0.15, 0.2) is 22.9 Å². The first kappa shape index (κ1) is 14.3. The van der Waals surface area contributed by atoms with Gasteiger partial charge < -0.3 is 14.7 Å². The van der Waals surface area contributed by atoms with Gasteiger partial charge in [-0.1, -0.05) is 13.3 Å². The Hall–Kier alpha value is -2.08. The molecule has 0 aromatic carbocycles. The Morgan fingerprint density at radius 2 is 2.15 bits per heavy atom. The SMILES string of the molecule is CCCc1c(NN)ncnc1N(C)Cc1ccc(C)o1. The standard InChI is InChI=1S/C14H21N5O/c1-4-5-12-13(18-15)16-9-17-14(12)19(3)8-11-7-6-10(2)20-11/h6-7,9H,4-5,8,15H2,1-3H3,(H,16,17,18). The summed E-state index contributed by atoms with van der Waals surface area (Å²) in [7, 11) is 1.99. The van der Waals surface area contributed by atoms with Gasteiger partial charge in [0, 0.05) is 12.6 Å². The van der Waals surface area contributed by atoms with Crippen LogP contribution in [-0.4, -0.2) is 17.0 Å². The van der Waals surface area contributed by atoms with Crippen molar-refractivity contribution in [1.82, 2.24) is 9.97 Å². The molecule has 0 bridgehead atoms. The smallest absolute Gasteiger partial charge is 0.148 e. The average Bonchev–Trinajstić information content (AvgIpc) is 2.84. The highest BCUT2D eigenvalue weighted by Crippen LogP contribution is 2.25. The third kappa shape index (κ3) is 3.08. The fourth-order valence-electron chi connectivity index (χ4n) is 2.22. The summed E-state index contributed by atoms with van der Waals surface area (Å²) in [5.74, 6) is 8.91. The number of hydrazine groups is 1. The van der Waals surface area contributed by atoms with Crippen molar-refractivity contribution in [1.29, 1.82) is 0 Å². The number of aromatic nitrogens is 2. The quantitative estimate of drug-likeness (QED) is 0.621. The van der Waals surface area contributed by atoms with Crippen molar-refractivity contribution in [2.75, 3.05) is 17.4 Å². The second kappa shape index (κ2) is 6.38. The van der Waals surface area contributed by atoms with Gasteiger partial charge in [-0.05, 0) is 25.5 Å². The normalized spacial score (nSPS) is 10.6. The molecule has 6 nitrogen and oxygen atoms in total. The lowest BCUT2D eigenvalue weighted by atomic mass is 10.1. The Balaban J connectivity index is 2.26. The molecule has 0 saturated heterocycles. The summed E-state index contributed by atoms with van der Waals surface area (Å²) in [4.78, 5) is 10.6. The van der Waals surface area contributed by atoms with E-state index in [0.717, 1.165) is 35.7 Å². The fraction of sp³-hybridized carbons (Fsp3) is 0.429. The first-order valence-electron chi connectivity index (χ1n) is 6.72. The molecule has 108 valence electrons. The molecule has 3 N–H and O–H groups in total. The second-order valence-corrected chi connectivity index (χ2v) is 4.79. The molecule has 2 aromatic heterocycles. The highest BCUT2D eigenvalue weighted by molar-refractivity contribution is 5.58. The van der Waals surface area contributed by atoms with Crippen LogP contribution in [-0.2, 0) is 13.0 Å². The Morgan fingerprint density at radius 3 is 2.75 bits per heavy atom. The molecule has 0 saturated carbocycles. The van der Waals surface area contributed by atoms with Crippen LogP contribution in [0.25, 0.3) is 0 Å². The van der Waals surface area contributed by atoms with E-state index in [2.05, 4.69) is 22.3 Å². The predicted molar refractivity (Wildman–Crippen MR) is 79.4 cm³/mol. The molecule has 0 spiro atoms. The van der Waals surface area contributed by atoms with Crippen LogP contribution in [0.4, 0.5) is 11.6 Å². The zero-order valence-electron chi connectivity index (χ0n) is 12.2. The van der Waals surface area contributed by atoms with Crippen molar-refractivity contribution in [3.05, 3.63) is 35.5 Å². The minimum Gasteiger partial charge on any atom is -0.464 e. The predicted octanol–water partition coefficient (Wildman–Crippen LogP) is 2.25. The third-order valence-electron chi connectivity index (χ3n) is 3.11. The number of nitrogen functional groups attached to an aromatic ring is 1. The number of anilines is 2. The van der Waals surface area contributed by atoms with Crippen LogP contribution in [0.5, 0.6) is 0 Å². The summed E-state index contributed by atoms with van der Waals surface area (Å²) in [6, 6.07) is 3.94. The number of rotatable bonds is 6. The Morgan fingerprint density at radius 1 is 1.35 bits per heavy atom. The van der Waals surface area contributed by atoms with Crippen LogP contribution in [0, 0.1) is 6.92 Å². The van der Waals surface area contributed by atoms with Crippen molar-refractivity contribution in [3.63, 3.8) is 0 Å². The summed E-state index contributed by atoms with van der Waals surface area (Å²) in [6.07, 6.45) is 3.40. The van der Waals surface area contributed by atoms with Crippen molar-refractivity contribution in [2.24, 2.45) is 5.84 Å². The lowest BCUT2D eigenvalue weighted by Gasteiger charge is -2.21. The summed E-state index contributed by atoms with van der Waals surface area (Å²) >= 11 is 0. The first-order valence-corrected chi connectivity index (χ1v) is 6.72. The van der Waals surface area contributed by atoms with Crippen LogP contribution >= 0.6 is 0 Å². The Labute approximate surface area is 119 Å². The molecule has 2 aromatic rings. The highest BCUT2D eigenvalue weighted by Gasteiger charge is 2.15. The van der Waals surface area contributed by atoms with Gasteiger partial charge in [-0.25, -0.2) is 15.8 Å². The van der Waals surface area contributed by atoms with E-state index in [0.29, 0.717) is 12.4 Å². The molecule has 2 heterocycles. The maximum absolute atomic E-state index is 5.61. The number of hydrogen-bond acceptors (Lipinski definition) is 6. The van der Waals surface area contributed by atoms with Gasteiger partial charge in [-0.15, -0.1) is 0 Å². The van der Waals surface area contributed by atoms with Crippen LogP contribution in [0.3, 0.4) is 0 Å². The van der Waals surface area contributed by atoms with Gasteiger partial charge in [-0.3, -0.25) is 0 Å². The van der Waals surface area contributed by atoms with E-state index < -0.39 is 0 Å². The molecule has 0 atom stereocenters. The van der Waals surface area contributed by atoms with E-state index in [9.17, 15) is 0 Å². The summed E-state index contributed by atoms with van der Waals surface area (Å²) < 4.78 is 5.61. The number of nitrogens with one attached hydrogen (secondary N) is 1. The van der Waals surface area contributed by atoms with E-state index >= 15 is 0 Å². The molecule has 20 heavy (non-hydrogen) atoms. The van der Waals surface area contributed by atoms with Crippen LogP contribution in [0.2, 0.25) is 0 Å². The maximum Gasteiger partial charge on any atom is 0.148 e. The number of furan rings is 1. The molecule has 0 aliphatic heterocycles. The van der Waals surface area contributed by atoms with Gasteiger partial charge in [0.1, 0.15) is 29.5 Å².